The van der Waals surface area contributed by atoms with Crippen molar-refractivity contribution in [1.29, 1.82) is 0 Å². The molecule has 0 unspecified atom stereocenters. The highest BCUT2D eigenvalue weighted by Crippen LogP contribution is 2.38. The fourth-order valence-corrected chi connectivity index (χ4v) is 6.66. The number of benzene rings is 7. The number of para-hydroxylation sites is 1. The summed E-state index contributed by atoms with van der Waals surface area (Å²) in [4.78, 5) is 10.3. The Labute approximate surface area is 284 Å². The van der Waals surface area contributed by atoms with Gasteiger partial charge in [0.1, 0.15) is 5.58 Å². The second-order valence-electron chi connectivity index (χ2n) is 12.2. The molecule has 7 aromatic carbocycles. The maximum atomic E-state index is 6.38. The zero-order valence-electron chi connectivity index (χ0n) is 26.6. The van der Waals surface area contributed by atoms with Gasteiger partial charge in [0, 0.05) is 16.5 Å². The molecule has 0 N–H and O–H groups in total. The van der Waals surface area contributed by atoms with Gasteiger partial charge in [-0.05, 0) is 74.8 Å². The third-order valence-corrected chi connectivity index (χ3v) is 9.10. The molecule has 0 saturated heterocycles. The van der Waals surface area contributed by atoms with E-state index in [1.807, 2.05) is 30.3 Å². The van der Waals surface area contributed by atoms with Gasteiger partial charge in [0.25, 0.3) is 0 Å². The minimum Gasteiger partial charge on any atom is -0.438 e. The number of fused-ring (bicyclic) bond motifs is 3. The number of furan rings is 1. The van der Waals surface area contributed by atoms with E-state index >= 15 is 0 Å². The number of nitrogens with zero attached hydrogens (tertiary/aromatic N) is 2. The molecule has 0 aliphatic heterocycles. The lowest BCUT2D eigenvalue weighted by Crippen LogP contribution is -1.94. The SMILES string of the molecule is c1ccc(-c2cccc(-c3cccc(-c4nc(-c5cccc(-c6cccc(-c7ccccc7)c6)c5)c5c(n4)oc4ccccc45)c3)c2)cc1. The molecule has 9 rings (SSSR count). The van der Waals surface area contributed by atoms with E-state index in [9.17, 15) is 0 Å². The predicted octanol–water partition coefficient (Wildman–Crippen LogP) is 12.4. The van der Waals surface area contributed by atoms with Crippen molar-refractivity contribution in [2.75, 3.05) is 0 Å². The summed E-state index contributed by atoms with van der Waals surface area (Å²) in [6.07, 6.45) is 0. The molecule has 3 nitrogen and oxygen atoms in total. The van der Waals surface area contributed by atoms with Crippen LogP contribution in [0.2, 0.25) is 0 Å². The summed E-state index contributed by atoms with van der Waals surface area (Å²) in [5.74, 6) is 0.624. The van der Waals surface area contributed by atoms with E-state index in [0.29, 0.717) is 11.5 Å². The zero-order chi connectivity index (χ0) is 32.6. The predicted molar refractivity (Wildman–Crippen MR) is 202 cm³/mol. The van der Waals surface area contributed by atoms with Crippen LogP contribution in [0.1, 0.15) is 0 Å². The van der Waals surface area contributed by atoms with Crippen molar-refractivity contribution in [2.45, 2.75) is 0 Å². The molecule has 0 aliphatic rings. The van der Waals surface area contributed by atoms with Gasteiger partial charge in [0.05, 0.1) is 11.1 Å². The molecule has 0 bridgehead atoms. The van der Waals surface area contributed by atoms with Crippen molar-refractivity contribution < 1.29 is 4.42 Å². The average Bonchev–Trinajstić information content (AvgIpc) is 3.57. The Morgan fingerprint density at radius 3 is 1.31 bits per heavy atom. The monoisotopic (exact) mass is 626 g/mol. The zero-order valence-corrected chi connectivity index (χ0v) is 26.6. The summed E-state index contributed by atoms with van der Waals surface area (Å²) in [5, 5.41) is 1.92. The highest BCUT2D eigenvalue weighted by Gasteiger charge is 2.19. The molecule has 0 spiro atoms. The van der Waals surface area contributed by atoms with E-state index in [-0.39, 0.29) is 0 Å². The molecule has 3 heteroatoms. The first kappa shape index (κ1) is 28.6. The molecule has 2 heterocycles. The van der Waals surface area contributed by atoms with E-state index in [2.05, 4.69) is 152 Å². The second-order valence-corrected chi connectivity index (χ2v) is 12.2. The summed E-state index contributed by atoms with van der Waals surface area (Å²) in [5.41, 5.74) is 13.4. The lowest BCUT2D eigenvalue weighted by atomic mass is 9.96. The van der Waals surface area contributed by atoms with Gasteiger partial charge in [-0.3, -0.25) is 0 Å². The minimum absolute atomic E-state index is 0.578. The van der Waals surface area contributed by atoms with E-state index < -0.39 is 0 Å². The van der Waals surface area contributed by atoms with Crippen LogP contribution in [0.5, 0.6) is 0 Å². The van der Waals surface area contributed by atoms with Crippen molar-refractivity contribution in [3.63, 3.8) is 0 Å². The molecule has 49 heavy (non-hydrogen) atoms. The van der Waals surface area contributed by atoms with Crippen molar-refractivity contribution in [3.8, 4) is 67.2 Å². The van der Waals surface area contributed by atoms with Crippen LogP contribution in [0.15, 0.2) is 186 Å². The Balaban J connectivity index is 1.17. The van der Waals surface area contributed by atoms with E-state index in [0.717, 1.165) is 55.4 Å². The first-order valence-electron chi connectivity index (χ1n) is 16.5. The first-order valence-corrected chi connectivity index (χ1v) is 16.5. The third-order valence-electron chi connectivity index (χ3n) is 9.10. The Morgan fingerprint density at radius 1 is 0.327 bits per heavy atom. The van der Waals surface area contributed by atoms with Crippen molar-refractivity contribution >= 4 is 22.1 Å². The van der Waals surface area contributed by atoms with Crippen molar-refractivity contribution in [1.82, 2.24) is 9.97 Å². The normalized spacial score (nSPS) is 11.3. The Morgan fingerprint density at radius 2 is 0.735 bits per heavy atom. The molecular weight excluding hydrogens is 597 g/mol. The maximum absolute atomic E-state index is 6.38. The van der Waals surface area contributed by atoms with Crippen LogP contribution >= 0.6 is 0 Å². The molecule has 0 radical (unpaired) electrons. The number of aromatic nitrogens is 2. The largest absolute Gasteiger partial charge is 0.438 e. The van der Waals surface area contributed by atoms with Gasteiger partial charge in [-0.15, -0.1) is 0 Å². The summed E-state index contributed by atoms with van der Waals surface area (Å²) < 4.78 is 6.38. The minimum atomic E-state index is 0.578. The highest BCUT2D eigenvalue weighted by molar-refractivity contribution is 6.10. The molecule has 0 saturated carbocycles. The van der Waals surface area contributed by atoms with Crippen LogP contribution in [0.4, 0.5) is 0 Å². The van der Waals surface area contributed by atoms with E-state index in [4.69, 9.17) is 14.4 Å². The van der Waals surface area contributed by atoms with E-state index in [1.54, 1.807) is 0 Å². The van der Waals surface area contributed by atoms with Gasteiger partial charge in [-0.25, -0.2) is 4.98 Å². The fraction of sp³-hybridized carbons (Fsp3) is 0. The quantitative estimate of drug-likeness (QED) is 0.184. The number of hydrogen-bond donors (Lipinski definition) is 0. The van der Waals surface area contributed by atoms with E-state index in [1.165, 1.54) is 22.3 Å². The average molecular weight is 627 g/mol. The van der Waals surface area contributed by atoms with Gasteiger partial charge in [-0.2, -0.15) is 4.98 Å². The Bertz CT molecular complexity index is 2600. The van der Waals surface area contributed by atoms with Gasteiger partial charge in [0.15, 0.2) is 5.82 Å². The second kappa shape index (κ2) is 12.2. The summed E-state index contributed by atoms with van der Waals surface area (Å²) >= 11 is 0. The molecule has 0 fully saturated rings. The van der Waals surface area contributed by atoms with Gasteiger partial charge in [-0.1, -0.05) is 152 Å². The molecule has 0 amide bonds. The fourth-order valence-electron chi connectivity index (χ4n) is 6.66. The van der Waals surface area contributed by atoms with Gasteiger partial charge >= 0.3 is 0 Å². The molecule has 230 valence electrons. The van der Waals surface area contributed by atoms with Crippen molar-refractivity contribution in [2.24, 2.45) is 0 Å². The third kappa shape index (κ3) is 5.48. The van der Waals surface area contributed by atoms with Crippen LogP contribution in [-0.2, 0) is 0 Å². The highest BCUT2D eigenvalue weighted by atomic mass is 16.3. The summed E-state index contributed by atoms with van der Waals surface area (Å²) in [6, 6.07) is 63.5. The summed E-state index contributed by atoms with van der Waals surface area (Å²) in [6.45, 7) is 0. The topological polar surface area (TPSA) is 38.9 Å². The molecular formula is C46H30N2O. The molecule has 2 aromatic heterocycles. The van der Waals surface area contributed by atoms with Crippen LogP contribution in [0, 0.1) is 0 Å². The molecule has 0 atom stereocenters. The smallest absolute Gasteiger partial charge is 0.231 e. The molecule has 0 aliphatic carbocycles. The van der Waals surface area contributed by atoms with Gasteiger partial charge < -0.3 is 4.42 Å². The van der Waals surface area contributed by atoms with Crippen LogP contribution in [-0.4, -0.2) is 9.97 Å². The van der Waals surface area contributed by atoms with Gasteiger partial charge in [0.2, 0.25) is 5.71 Å². The number of hydrogen-bond acceptors (Lipinski definition) is 3. The van der Waals surface area contributed by atoms with Crippen LogP contribution in [0.25, 0.3) is 89.2 Å². The summed E-state index contributed by atoms with van der Waals surface area (Å²) in [7, 11) is 0. The van der Waals surface area contributed by atoms with Crippen LogP contribution in [0.3, 0.4) is 0 Å². The maximum Gasteiger partial charge on any atom is 0.231 e. The van der Waals surface area contributed by atoms with Crippen molar-refractivity contribution in [3.05, 3.63) is 182 Å². The first-order chi connectivity index (χ1) is 24.3. The molecule has 9 aromatic rings. The standard InChI is InChI=1S/C46H30N2O/c1-3-13-31(14-4-1)33-17-9-19-35(27-33)37-21-11-23-39(29-37)44-43-41-25-7-8-26-42(41)49-46(43)48-45(47-44)40-24-12-22-38(30-40)36-20-10-18-34(28-36)32-15-5-2-6-16-32/h1-30H. The Hall–Kier alpha value is -6.58. The lowest BCUT2D eigenvalue weighted by molar-refractivity contribution is 0.653. The Kier molecular flexibility index (Phi) is 7.14. The van der Waals surface area contributed by atoms with Crippen LogP contribution < -0.4 is 0 Å². The number of rotatable bonds is 6. The lowest BCUT2D eigenvalue weighted by Gasteiger charge is -2.11.